The van der Waals surface area contributed by atoms with Gasteiger partial charge in [0, 0.05) is 23.6 Å². The maximum atomic E-state index is 12.6. The molecule has 0 radical (unpaired) electrons. The van der Waals surface area contributed by atoms with E-state index in [4.69, 9.17) is 0 Å². The minimum atomic E-state index is -0.0900. The van der Waals surface area contributed by atoms with Crippen molar-refractivity contribution < 1.29 is 4.79 Å². The Hall–Kier alpha value is -2.37. The van der Waals surface area contributed by atoms with Gasteiger partial charge in [0.15, 0.2) is 5.78 Å². The number of aryl methyl sites for hydroxylation is 1. The molecule has 0 spiro atoms. The molecule has 2 aromatic carbocycles. The third-order valence-corrected chi connectivity index (χ3v) is 6.00. The number of carbonyl (C=O) groups is 1. The van der Waals surface area contributed by atoms with Crippen LogP contribution in [0.2, 0.25) is 0 Å². The summed E-state index contributed by atoms with van der Waals surface area (Å²) in [6.07, 6.45) is 5.44. The lowest BCUT2D eigenvalue weighted by molar-refractivity contribution is 0.106. The lowest BCUT2D eigenvalue weighted by Gasteiger charge is -1.99. The first kappa shape index (κ1) is 18.4. The standard InChI is InChI=1S/C21H19NO2S2/c1-14-6-4-5-7-17(14)18(23)13-20-22(2)21(24)19(26-20)12-15-8-10-16(25-3)11-9-15/h4-13H,1-3H3/b19-12-,20-13-. The molecule has 0 unspecified atom stereocenters. The topological polar surface area (TPSA) is 39.1 Å². The first-order valence-electron chi connectivity index (χ1n) is 8.13. The van der Waals surface area contributed by atoms with E-state index in [1.54, 1.807) is 31.0 Å². The summed E-state index contributed by atoms with van der Waals surface area (Å²) in [6.45, 7) is 1.91. The van der Waals surface area contributed by atoms with Crippen molar-refractivity contribution in [3.8, 4) is 0 Å². The lowest BCUT2D eigenvalue weighted by Crippen LogP contribution is -2.29. The number of aromatic nitrogens is 1. The molecule has 0 fully saturated rings. The zero-order valence-electron chi connectivity index (χ0n) is 14.9. The zero-order chi connectivity index (χ0) is 18.7. The van der Waals surface area contributed by atoms with E-state index in [2.05, 4.69) is 0 Å². The van der Waals surface area contributed by atoms with Gasteiger partial charge in [-0.3, -0.25) is 9.59 Å². The fourth-order valence-corrected chi connectivity index (χ4v) is 4.04. The molecule has 0 aliphatic carbocycles. The molecule has 0 aliphatic rings. The minimum Gasteiger partial charge on any atom is -0.302 e. The van der Waals surface area contributed by atoms with Gasteiger partial charge in [0.25, 0.3) is 5.56 Å². The summed E-state index contributed by atoms with van der Waals surface area (Å²) in [4.78, 5) is 26.2. The van der Waals surface area contributed by atoms with Gasteiger partial charge in [0.2, 0.25) is 0 Å². The van der Waals surface area contributed by atoms with Gasteiger partial charge in [0.05, 0.1) is 4.53 Å². The maximum absolute atomic E-state index is 12.6. The van der Waals surface area contributed by atoms with Crippen LogP contribution in [0.15, 0.2) is 58.2 Å². The highest BCUT2D eigenvalue weighted by Gasteiger charge is 2.07. The molecule has 0 aliphatic heterocycles. The summed E-state index contributed by atoms with van der Waals surface area (Å²) in [5, 5.41) is 0. The van der Waals surface area contributed by atoms with E-state index >= 15 is 0 Å². The Morgan fingerprint density at radius 1 is 1.12 bits per heavy atom. The Bertz CT molecular complexity index is 1120. The molecule has 5 heteroatoms. The number of rotatable bonds is 4. The summed E-state index contributed by atoms with van der Waals surface area (Å²) in [5.41, 5.74) is 2.47. The molecule has 3 aromatic rings. The van der Waals surface area contributed by atoms with Gasteiger partial charge in [-0.2, -0.15) is 0 Å². The van der Waals surface area contributed by atoms with Gasteiger partial charge in [-0.25, -0.2) is 0 Å². The van der Waals surface area contributed by atoms with Crippen molar-refractivity contribution in [2.24, 2.45) is 7.05 Å². The molecule has 0 bridgehead atoms. The Labute approximate surface area is 160 Å². The second-order valence-corrected chi connectivity index (χ2v) is 7.85. The number of nitrogens with zero attached hydrogens (tertiary/aromatic N) is 1. The van der Waals surface area contributed by atoms with Crippen LogP contribution in [0.25, 0.3) is 12.2 Å². The monoisotopic (exact) mass is 381 g/mol. The summed E-state index contributed by atoms with van der Waals surface area (Å²) in [5.74, 6) is -0.0872. The Morgan fingerprint density at radius 3 is 2.46 bits per heavy atom. The van der Waals surface area contributed by atoms with E-state index in [1.807, 2.05) is 61.7 Å². The molecular weight excluding hydrogens is 362 g/mol. The van der Waals surface area contributed by atoms with E-state index in [9.17, 15) is 9.59 Å². The Kier molecular flexibility index (Phi) is 5.59. The van der Waals surface area contributed by atoms with Gasteiger partial charge >= 0.3 is 0 Å². The average molecular weight is 382 g/mol. The van der Waals surface area contributed by atoms with Gasteiger partial charge in [-0.15, -0.1) is 23.1 Å². The van der Waals surface area contributed by atoms with Gasteiger partial charge < -0.3 is 4.57 Å². The number of thioether (sulfide) groups is 1. The molecule has 3 nitrogen and oxygen atoms in total. The predicted molar refractivity (Wildman–Crippen MR) is 111 cm³/mol. The van der Waals surface area contributed by atoms with Crippen LogP contribution in [0, 0.1) is 6.92 Å². The summed E-state index contributed by atoms with van der Waals surface area (Å²) in [7, 11) is 1.70. The van der Waals surface area contributed by atoms with Crippen molar-refractivity contribution in [3.05, 3.63) is 84.8 Å². The lowest BCUT2D eigenvalue weighted by atomic mass is 10.1. The first-order chi connectivity index (χ1) is 12.5. The summed E-state index contributed by atoms with van der Waals surface area (Å²) < 4.78 is 2.80. The SMILES string of the molecule is CSc1ccc(/C=c2\s/c(=C\C(=O)c3ccccc3C)n(C)c2=O)cc1. The van der Waals surface area contributed by atoms with Crippen molar-refractivity contribution >= 4 is 41.0 Å². The van der Waals surface area contributed by atoms with Gasteiger partial charge in [-0.05, 0) is 42.5 Å². The van der Waals surface area contributed by atoms with E-state index < -0.39 is 0 Å². The average Bonchev–Trinajstić information content (AvgIpc) is 2.90. The van der Waals surface area contributed by atoms with Gasteiger partial charge in [0.1, 0.15) is 4.66 Å². The molecule has 3 rings (SSSR count). The van der Waals surface area contributed by atoms with Crippen molar-refractivity contribution in [1.82, 2.24) is 4.57 Å². The number of hydrogen-bond donors (Lipinski definition) is 0. The molecule has 0 N–H and O–H groups in total. The zero-order valence-corrected chi connectivity index (χ0v) is 16.5. The number of Topliss-reactive ketones (excluding diaryl/α,β-unsaturated/α-hetero) is 1. The Balaban J connectivity index is 2.04. The number of thiazole rings is 1. The minimum absolute atomic E-state index is 0.0872. The molecule has 0 saturated carbocycles. The molecule has 26 heavy (non-hydrogen) atoms. The molecule has 0 amide bonds. The predicted octanol–water partition coefficient (Wildman–Crippen LogP) is 2.97. The highest BCUT2D eigenvalue weighted by atomic mass is 32.2. The van der Waals surface area contributed by atoms with Gasteiger partial charge in [-0.1, -0.05) is 36.4 Å². The highest BCUT2D eigenvalue weighted by Crippen LogP contribution is 2.15. The number of benzene rings is 2. The second-order valence-electron chi connectivity index (χ2n) is 5.91. The summed E-state index contributed by atoms with van der Waals surface area (Å²) >= 11 is 3.01. The normalized spacial score (nSPS) is 12.6. The third kappa shape index (κ3) is 3.89. The van der Waals surface area contributed by atoms with E-state index in [-0.39, 0.29) is 11.3 Å². The van der Waals surface area contributed by atoms with Crippen LogP contribution in [0.1, 0.15) is 21.5 Å². The number of ketones is 1. The first-order valence-corrected chi connectivity index (χ1v) is 10.2. The van der Waals surface area contributed by atoms with Crippen LogP contribution in [-0.2, 0) is 7.05 Å². The fraction of sp³-hybridized carbons (Fsp3) is 0.143. The maximum Gasteiger partial charge on any atom is 0.268 e. The van der Waals surface area contributed by atoms with Crippen molar-refractivity contribution in [1.29, 1.82) is 0 Å². The van der Waals surface area contributed by atoms with E-state index in [0.29, 0.717) is 14.8 Å². The van der Waals surface area contributed by atoms with Crippen LogP contribution in [0.5, 0.6) is 0 Å². The second kappa shape index (κ2) is 7.89. The molecule has 0 atom stereocenters. The van der Waals surface area contributed by atoms with Crippen molar-refractivity contribution in [2.75, 3.05) is 6.26 Å². The molecule has 1 heterocycles. The molecular formula is C21H19NO2S2. The molecule has 1 aromatic heterocycles. The fourth-order valence-electron chi connectivity index (χ4n) is 2.60. The van der Waals surface area contributed by atoms with Crippen LogP contribution in [-0.4, -0.2) is 16.6 Å². The van der Waals surface area contributed by atoms with E-state index in [0.717, 1.165) is 11.1 Å². The van der Waals surface area contributed by atoms with Crippen molar-refractivity contribution in [3.63, 3.8) is 0 Å². The van der Waals surface area contributed by atoms with Crippen LogP contribution in [0.3, 0.4) is 0 Å². The van der Waals surface area contributed by atoms with Crippen LogP contribution < -0.4 is 14.8 Å². The smallest absolute Gasteiger partial charge is 0.268 e. The van der Waals surface area contributed by atoms with E-state index in [1.165, 1.54) is 20.8 Å². The van der Waals surface area contributed by atoms with Crippen molar-refractivity contribution in [2.45, 2.75) is 11.8 Å². The number of carbonyl (C=O) groups excluding carboxylic acids is 1. The largest absolute Gasteiger partial charge is 0.302 e. The quantitative estimate of drug-likeness (QED) is 0.515. The highest BCUT2D eigenvalue weighted by molar-refractivity contribution is 7.98. The summed E-state index contributed by atoms with van der Waals surface area (Å²) in [6, 6.07) is 15.5. The molecule has 132 valence electrons. The van der Waals surface area contributed by atoms with Crippen LogP contribution in [0.4, 0.5) is 0 Å². The third-order valence-electron chi connectivity index (χ3n) is 4.14. The number of hydrogen-bond acceptors (Lipinski definition) is 4. The molecule has 0 saturated heterocycles. The van der Waals surface area contributed by atoms with Crippen LogP contribution >= 0.6 is 23.1 Å². The Morgan fingerprint density at radius 2 is 1.81 bits per heavy atom.